The van der Waals surface area contributed by atoms with E-state index in [0.717, 1.165) is 18.2 Å². The van der Waals surface area contributed by atoms with Crippen LogP contribution < -0.4 is 10.0 Å². The first kappa shape index (κ1) is 24.1. The van der Waals surface area contributed by atoms with Crippen LogP contribution in [0.1, 0.15) is 24.8 Å². The lowest BCUT2D eigenvalue weighted by Crippen LogP contribution is -2.45. The summed E-state index contributed by atoms with van der Waals surface area (Å²) in [4.78, 5) is 13.8. The number of carbonyl (C=O) groups excluding carboxylic acids is 1. The Labute approximate surface area is 183 Å². The molecule has 0 aliphatic carbocycles. The second-order valence-corrected chi connectivity index (χ2v) is 9.36. The molecular formula is C21H23F4N3O3S. The van der Waals surface area contributed by atoms with Crippen LogP contribution in [-0.2, 0) is 21.4 Å². The van der Waals surface area contributed by atoms with Crippen molar-refractivity contribution in [2.75, 3.05) is 19.6 Å². The van der Waals surface area contributed by atoms with E-state index in [-0.39, 0.29) is 24.9 Å². The number of halogens is 4. The van der Waals surface area contributed by atoms with Crippen molar-refractivity contribution in [3.05, 3.63) is 65.2 Å². The third-order valence-electron chi connectivity index (χ3n) is 5.19. The first-order valence-corrected chi connectivity index (χ1v) is 11.5. The van der Waals surface area contributed by atoms with Gasteiger partial charge in [0.05, 0.1) is 4.90 Å². The summed E-state index contributed by atoms with van der Waals surface area (Å²) in [6, 6.07) is 5.96. The average Bonchev–Trinajstić information content (AvgIpc) is 2.74. The Morgan fingerprint density at radius 1 is 0.938 bits per heavy atom. The second-order valence-electron chi connectivity index (χ2n) is 7.59. The molecule has 1 heterocycles. The summed E-state index contributed by atoms with van der Waals surface area (Å²) in [5.74, 6) is -4.54. The normalized spacial score (nSPS) is 15.6. The number of nitrogens with one attached hydrogen (secondary N) is 2. The number of piperidine rings is 1. The lowest BCUT2D eigenvalue weighted by molar-refractivity contribution is -0.121. The number of likely N-dealkylation sites (tertiary alicyclic amines) is 1. The Bertz CT molecular complexity index is 1070. The Morgan fingerprint density at radius 2 is 1.56 bits per heavy atom. The monoisotopic (exact) mass is 473 g/mol. The second kappa shape index (κ2) is 10.4. The maximum Gasteiger partial charge on any atom is 0.240 e. The molecule has 3 rings (SSSR count). The van der Waals surface area contributed by atoms with Gasteiger partial charge in [-0.2, -0.15) is 0 Å². The molecule has 0 unspecified atom stereocenters. The smallest absolute Gasteiger partial charge is 0.240 e. The predicted molar refractivity (Wildman–Crippen MR) is 109 cm³/mol. The van der Waals surface area contributed by atoms with Crippen LogP contribution in [0, 0.1) is 23.3 Å². The molecule has 1 aliphatic heterocycles. The zero-order chi connectivity index (χ0) is 23.3. The molecule has 11 heteroatoms. The predicted octanol–water partition coefficient (Wildman–Crippen LogP) is 2.69. The summed E-state index contributed by atoms with van der Waals surface area (Å²) in [5, 5.41) is 2.84. The van der Waals surface area contributed by atoms with Gasteiger partial charge in [-0.05, 0) is 48.7 Å². The van der Waals surface area contributed by atoms with Crippen molar-refractivity contribution in [2.45, 2.75) is 36.7 Å². The van der Waals surface area contributed by atoms with Crippen LogP contribution in [0.3, 0.4) is 0 Å². The van der Waals surface area contributed by atoms with E-state index in [1.165, 1.54) is 12.1 Å². The van der Waals surface area contributed by atoms with Crippen LogP contribution in [0.4, 0.5) is 17.6 Å². The van der Waals surface area contributed by atoms with E-state index in [9.17, 15) is 30.8 Å². The number of sulfonamides is 1. The van der Waals surface area contributed by atoms with E-state index < -0.39 is 38.2 Å². The highest BCUT2D eigenvalue weighted by Crippen LogP contribution is 2.16. The van der Waals surface area contributed by atoms with Crippen LogP contribution in [0.2, 0.25) is 0 Å². The minimum atomic E-state index is -4.06. The first-order chi connectivity index (χ1) is 15.1. The van der Waals surface area contributed by atoms with Crippen molar-refractivity contribution in [2.24, 2.45) is 0 Å². The molecule has 0 aromatic heterocycles. The van der Waals surface area contributed by atoms with Crippen molar-refractivity contribution < 1.29 is 30.8 Å². The van der Waals surface area contributed by atoms with Crippen LogP contribution >= 0.6 is 0 Å². The molecule has 1 amide bonds. The largest absolute Gasteiger partial charge is 0.353 e. The van der Waals surface area contributed by atoms with Gasteiger partial charge in [0.2, 0.25) is 15.9 Å². The Balaban J connectivity index is 1.39. The summed E-state index contributed by atoms with van der Waals surface area (Å²) in [7, 11) is -4.06. The van der Waals surface area contributed by atoms with Crippen LogP contribution in [0.25, 0.3) is 0 Å². The number of hydrogen-bond donors (Lipinski definition) is 2. The van der Waals surface area contributed by atoms with Crippen molar-refractivity contribution in [3.63, 3.8) is 0 Å². The molecular weight excluding hydrogens is 450 g/mol. The molecule has 1 fully saturated rings. The van der Waals surface area contributed by atoms with Crippen molar-refractivity contribution in [1.82, 2.24) is 14.9 Å². The number of hydrogen-bond acceptors (Lipinski definition) is 4. The fraction of sp³-hybridized carbons (Fsp3) is 0.381. The van der Waals surface area contributed by atoms with Crippen LogP contribution in [-0.4, -0.2) is 44.9 Å². The minimum absolute atomic E-state index is 0.0773. The Kier molecular flexibility index (Phi) is 7.86. The molecule has 1 aliphatic rings. The van der Waals surface area contributed by atoms with Crippen molar-refractivity contribution in [3.8, 4) is 0 Å². The van der Waals surface area contributed by atoms with Crippen molar-refractivity contribution >= 4 is 15.9 Å². The quantitative estimate of drug-likeness (QED) is 0.578. The highest BCUT2D eigenvalue weighted by molar-refractivity contribution is 7.89. The summed E-state index contributed by atoms with van der Waals surface area (Å²) in [5.41, 5.74) is 0.666. The Hall–Kier alpha value is -2.50. The number of carbonyl (C=O) groups is 1. The lowest BCUT2D eigenvalue weighted by Gasteiger charge is -2.32. The summed E-state index contributed by atoms with van der Waals surface area (Å²) < 4.78 is 79.0. The summed E-state index contributed by atoms with van der Waals surface area (Å²) in [6.45, 7) is 1.60. The van der Waals surface area contributed by atoms with E-state index in [2.05, 4.69) is 14.9 Å². The van der Waals surface area contributed by atoms with E-state index in [0.29, 0.717) is 44.1 Å². The number of benzene rings is 2. The summed E-state index contributed by atoms with van der Waals surface area (Å²) in [6.07, 6.45) is 1.21. The van der Waals surface area contributed by atoms with Gasteiger partial charge in [0.1, 0.15) is 0 Å². The van der Waals surface area contributed by atoms with E-state index in [1.54, 1.807) is 0 Å². The van der Waals surface area contributed by atoms with Gasteiger partial charge in [-0.15, -0.1) is 0 Å². The maximum absolute atomic E-state index is 13.3. The summed E-state index contributed by atoms with van der Waals surface area (Å²) >= 11 is 0. The van der Waals surface area contributed by atoms with Gasteiger partial charge < -0.3 is 5.32 Å². The third kappa shape index (κ3) is 6.50. The van der Waals surface area contributed by atoms with Crippen LogP contribution in [0.5, 0.6) is 0 Å². The highest BCUT2D eigenvalue weighted by atomic mass is 32.2. The Morgan fingerprint density at radius 3 is 2.19 bits per heavy atom. The fourth-order valence-corrected chi connectivity index (χ4v) is 4.50. The molecule has 2 aromatic rings. The third-order valence-corrected chi connectivity index (χ3v) is 6.65. The average molecular weight is 473 g/mol. The van der Waals surface area contributed by atoms with Gasteiger partial charge in [0.15, 0.2) is 23.3 Å². The van der Waals surface area contributed by atoms with Gasteiger partial charge in [-0.25, -0.2) is 30.7 Å². The van der Waals surface area contributed by atoms with Gasteiger partial charge in [0, 0.05) is 38.6 Å². The SMILES string of the molecule is O=C(CCNS(=O)(=O)c1ccc(F)c(F)c1)NC1CCN(Cc2ccc(F)c(F)c2)CC1. The topological polar surface area (TPSA) is 78.5 Å². The van der Waals surface area contributed by atoms with Gasteiger partial charge in [0.25, 0.3) is 0 Å². The molecule has 0 bridgehead atoms. The molecule has 2 N–H and O–H groups in total. The molecule has 6 nitrogen and oxygen atoms in total. The molecule has 2 aromatic carbocycles. The maximum atomic E-state index is 13.3. The molecule has 0 spiro atoms. The lowest BCUT2D eigenvalue weighted by atomic mass is 10.0. The first-order valence-electron chi connectivity index (χ1n) is 10.0. The highest BCUT2D eigenvalue weighted by Gasteiger charge is 2.22. The molecule has 174 valence electrons. The van der Waals surface area contributed by atoms with Crippen molar-refractivity contribution in [1.29, 1.82) is 0 Å². The fourth-order valence-electron chi connectivity index (χ4n) is 3.46. The molecule has 1 saturated heterocycles. The van der Waals surface area contributed by atoms with Gasteiger partial charge >= 0.3 is 0 Å². The van der Waals surface area contributed by atoms with E-state index >= 15 is 0 Å². The van der Waals surface area contributed by atoms with E-state index in [4.69, 9.17) is 0 Å². The molecule has 32 heavy (non-hydrogen) atoms. The van der Waals surface area contributed by atoms with Gasteiger partial charge in [-0.1, -0.05) is 6.07 Å². The van der Waals surface area contributed by atoms with E-state index in [1.807, 2.05) is 0 Å². The standard InChI is InChI=1S/C21H23F4N3O3S/c22-17-3-1-14(11-19(17)24)13-28-9-6-15(7-10-28)27-21(29)5-8-26-32(30,31)16-2-4-18(23)20(25)12-16/h1-4,11-12,15,26H,5-10,13H2,(H,27,29). The number of rotatable bonds is 8. The van der Waals surface area contributed by atoms with Crippen LogP contribution in [0.15, 0.2) is 41.3 Å². The minimum Gasteiger partial charge on any atom is -0.353 e. The molecule has 0 radical (unpaired) electrons. The molecule has 0 atom stereocenters. The number of nitrogens with zero attached hydrogens (tertiary/aromatic N) is 1. The zero-order valence-electron chi connectivity index (χ0n) is 17.1. The number of amides is 1. The molecule has 0 saturated carbocycles. The zero-order valence-corrected chi connectivity index (χ0v) is 17.9. The van der Waals surface area contributed by atoms with Gasteiger partial charge in [-0.3, -0.25) is 9.69 Å².